The molecule has 8 nitrogen and oxygen atoms in total. The van der Waals surface area contributed by atoms with E-state index in [4.69, 9.17) is 0 Å². The topological polar surface area (TPSA) is 133 Å². The van der Waals surface area contributed by atoms with Crippen molar-refractivity contribution < 1.29 is 21.6 Å². The van der Waals surface area contributed by atoms with Crippen LogP contribution in [0.3, 0.4) is 0 Å². The first-order chi connectivity index (χ1) is 12.3. The summed E-state index contributed by atoms with van der Waals surface area (Å²) >= 11 is 0. The van der Waals surface area contributed by atoms with Crippen LogP contribution in [-0.4, -0.2) is 22.7 Å². The minimum Gasteiger partial charge on any atom is -0.277 e. The number of hydrogen-bond acceptors (Lipinski definition) is 6. The van der Waals surface area contributed by atoms with E-state index in [0.717, 1.165) is 0 Å². The second-order valence-electron chi connectivity index (χ2n) is 5.21. The number of nitrogens with one attached hydrogen (secondary N) is 2. The second-order valence-corrected chi connectivity index (χ2v) is 8.54. The van der Waals surface area contributed by atoms with Gasteiger partial charge in [0.05, 0.1) is 15.5 Å². The lowest BCUT2D eigenvalue weighted by molar-refractivity contribution is -0.115. The predicted molar refractivity (Wildman–Crippen MR) is 91.1 cm³/mol. The third-order valence-corrected chi connectivity index (χ3v) is 6.31. The average Bonchev–Trinajstić information content (AvgIpc) is 2.88. The summed E-state index contributed by atoms with van der Waals surface area (Å²) in [5, 5.41) is 9.32. The largest absolute Gasteiger partial charge is 0.277 e. The molecule has 0 atom stereocenters. The number of nitriles is 1. The van der Waals surface area contributed by atoms with Crippen molar-refractivity contribution in [3.63, 3.8) is 0 Å². The maximum atomic E-state index is 12.4. The molecule has 0 aliphatic carbocycles. The van der Waals surface area contributed by atoms with Gasteiger partial charge in [0.25, 0.3) is 26.0 Å². The van der Waals surface area contributed by atoms with Crippen LogP contribution in [0.15, 0.2) is 70.0 Å². The number of rotatable bonds is 3. The Balaban J connectivity index is 2.05. The van der Waals surface area contributed by atoms with E-state index in [-0.39, 0.29) is 21.1 Å². The van der Waals surface area contributed by atoms with Crippen LogP contribution in [-0.2, 0) is 24.8 Å². The van der Waals surface area contributed by atoms with Crippen LogP contribution in [0, 0.1) is 11.3 Å². The number of carbonyl (C=O) groups is 1. The molecule has 3 rings (SSSR count). The lowest BCUT2D eigenvalue weighted by Crippen LogP contribution is -2.32. The van der Waals surface area contributed by atoms with Crippen molar-refractivity contribution in [2.45, 2.75) is 9.79 Å². The Morgan fingerprint density at radius 1 is 1.04 bits per heavy atom. The molecular formula is C16H11N3O5S2. The van der Waals surface area contributed by atoms with Gasteiger partial charge in [0.15, 0.2) is 0 Å². The molecule has 0 spiro atoms. The van der Waals surface area contributed by atoms with Crippen LogP contribution < -0.4 is 9.44 Å². The molecule has 0 radical (unpaired) electrons. The highest BCUT2D eigenvalue weighted by Gasteiger charge is 2.34. The van der Waals surface area contributed by atoms with Crippen molar-refractivity contribution in [2.24, 2.45) is 0 Å². The van der Waals surface area contributed by atoms with Gasteiger partial charge in [0.2, 0.25) is 0 Å². The summed E-state index contributed by atoms with van der Waals surface area (Å²) in [6.07, 6.45) is 0. The molecule has 0 saturated heterocycles. The van der Waals surface area contributed by atoms with Gasteiger partial charge in [-0.05, 0) is 18.2 Å². The van der Waals surface area contributed by atoms with Gasteiger partial charge in [0.1, 0.15) is 11.6 Å². The van der Waals surface area contributed by atoms with E-state index in [0.29, 0.717) is 0 Å². The highest BCUT2D eigenvalue weighted by atomic mass is 32.2. The molecule has 1 aliphatic heterocycles. The van der Waals surface area contributed by atoms with E-state index in [1.807, 2.05) is 0 Å². The summed E-state index contributed by atoms with van der Waals surface area (Å²) in [6, 6.07) is 14.5. The van der Waals surface area contributed by atoms with Crippen LogP contribution in [0.1, 0.15) is 5.56 Å². The van der Waals surface area contributed by atoms with Gasteiger partial charge in [-0.3, -0.25) is 9.52 Å². The molecule has 10 heteroatoms. The molecule has 0 fully saturated rings. The molecular weight excluding hydrogens is 378 g/mol. The number of amides is 1. The number of carbonyl (C=O) groups excluding carboxylic acids is 1. The third-order valence-electron chi connectivity index (χ3n) is 3.55. The first kappa shape index (κ1) is 17.7. The quantitative estimate of drug-likeness (QED) is 0.587. The second kappa shape index (κ2) is 6.29. The van der Waals surface area contributed by atoms with E-state index >= 15 is 0 Å². The zero-order valence-electron chi connectivity index (χ0n) is 13.0. The third kappa shape index (κ3) is 3.05. The summed E-state index contributed by atoms with van der Waals surface area (Å²) in [6.45, 7) is 0. The summed E-state index contributed by atoms with van der Waals surface area (Å²) < 4.78 is 52.6. The van der Waals surface area contributed by atoms with E-state index in [1.54, 1.807) is 16.9 Å². The highest BCUT2D eigenvalue weighted by Crippen LogP contribution is 2.31. The zero-order chi connectivity index (χ0) is 18.9. The van der Waals surface area contributed by atoms with Gasteiger partial charge < -0.3 is 0 Å². The molecule has 0 unspecified atom stereocenters. The molecule has 1 aliphatic rings. The van der Waals surface area contributed by atoms with Crippen LogP contribution in [0.25, 0.3) is 5.70 Å². The molecule has 0 aromatic heterocycles. The van der Waals surface area contributed by atoms with Gasteiger partial charge in [-0.1, -0.05) is 36.4 Å². The number of nitrogens with zero attached hydrogens (tertiary/aromatic N) is 1. The maximum Gasteiger partial charge on any atom is 0.277 e. The van der Waals surface area contributed by atoms with Crippen molar-refractivity contribution in [2.75, 3.05) is 0 Å². The number of fused-ring (bicyclic) bond motifs is 1. The van der Waals surface area contributed by atoms with Gasteiger partial charge in [-0.15, -0.1) is 0 Å². The average molecular weight is 389 g/mol. The minimum atomic E-state index is -4.21. The van der Waals surface area contributed by atoms with Crippen LogP contribution in [0.4, 0.5) is 0 Å². The van der Waals surface area contributed by atoms with Crippen molar-refractivity contribution in [1.82, 2.24) is 9.44 Å². The van der Waals surface area contributed by atoms with E-state index in [1.165, 1.54) is 48.5 Å². The van der Waals surface area contributed by atoms with Crippen molar-refractivity contribution in [1.29, 1.82) is 5.26 Å². The summed E-state index contributed by atoms with van der Waals surface area (Å²) in [7, 11) is -8.14. The summed E-state index contributed by atoms with van der Waals surface area (Å²) in [5.74, 6) is -1.23. The Morgan fingerprint density at radius 3 is 2.31 bits per heavy atom. The van der Waals surface area contributed by atoms with Crippen molar-refractivity contribution in [3.8, 4) is 6.07 Å². The van der Waals surface area contributed by atoms with Gasteiger partial charge in [-0.2, -0.15) is 5.26 Å². The van der Waals surface area contributed by atoms with Crippen molar-refractivity contribution >= 4 is 31.7 Å². The molecule has 1 heterocycles. The fourth-order valence-corrected chi connectivity index (χ4v) is 4.68. The lowest BCUT2D eigenvalue weighted by Gasteiger charge is -2.08. The molecule has 132 valence electrons. The van der Waals surface area contributed by atoms with Crippen LogP contribution in [0.5, 0.6) is 0 Å². The Kier molecular flexibility index (Phi) is 4.27. The Bertz CT molecular complexity index is 1180. The van der Waals surface area contributed by atoms with Crippen LogP contribution in [0.2, 0.25) is 0 Å². The first-order valence-electron chi connectivity index (χ1n) is 7.15. The van der Waals surface area contributed by atoms with E-state index < -0.39 is 31.5 Å². The molecule has 0 saturated carbocycles. The molecule has 0 bridgehead atoms. The summed E-state index contributed by atoms with van der Waals surface area (Å²) in [5.41, 5.74) is -0.793. The van der Waals surface area contributed by atoms with Gasteiger partial charge in [0, 0.05) is 5.56 Å². The number of sulfonamides is 2. The summed E-state index contributed by atoms with van der Waals surface area (Å²) in [4.78, 5) is 12.1. The van der Waals surface area contributed by atoms with Gasteiger partial charge in [-0.25, -0.2) is 21.6 Å². The lowest BCUT2D eigenvalue weighted by atomic mass is 10.1. The Hall–Kier alpha value is -3.16. The molecule has 26 heavy (non-hydrogen) atoms. The van der Waals surface area contributed by atoms with Crippen LogP contribution >= 0.6 is 0 Å². The molecule has 2 aromatic rings. The molecule has 2 N–H and O–H groups in total. The minimum absolute atomic E-state index is 0.0959. The fourth-order valence-electron chi connectivity index (χ4n) is 2.39. The maximum absolute atomic E-state index is 12.4. The van der Waals surface area contributed by atoms with E-state index in [9.17, 15) is 26.9 Å². The normalized spacial score (nSPS) is 16.7. The monoisotopic (exact) mass is 389 g/mol. The standard InChI is InChI=1S/C16H11N3O5S2/c17-10-13(15-12-8-4-5-9-14(12)26(23,24)18-15)16(20)19-25(21,22)11-6-2-1-3-7-11/h1-9,18H,(H,19,20)/b15-13-. The highest BCUT2D eigenvalue weighted by molar-refractivity contribution is 7.90. The van der Waals surface area contributed by atoms with Gasteiger partial charge >= 0.3 is 0 Å². The molecule has 1 amide bonds. The Labute approximate surface area is 149 Å². The number of benzene rings is 2. The predicted octanol–water partition coefficient (Wildman–Crippen LogP) is 0.718. The zero-order valence-corrected chi connectivity index (χ0v) is 14.6. The Morgan fingerprint density at radius 2 is 1.65 bits per heavy atom. The SMILES string of the molecule is N#C/C(C(=O)NS(=O)(=O)c1ccccc1)=C1/NS(=O)(=O)c2ccccc21. The smallest absolute Gasteiger partial charge is 0.277 e. The number of hydrogen-bond donors (Lipinski definition) is 2. The first-order valence-corrected chi connectivity index (χ1v) is 10.1. The van der Waals surface area contributed by atoms with E-state index in [2.05, 4.69) is 4.72 Å². The fraction of sp³-hybridized carbons (Fsp3) is 0. The van der Waals surface area contributed by atoms with Crippen molar-refractivity contribution in [3.05, 3.63) is 65.7 Å². The molecule has 2 aromatic carbocycles.